The average Bonchev–Trinajstić information content (AvgIpc) is 2.94. The second-order valence-corrected chi connectivity index (χ2v) is 5.90. The van der Waals surface area contributed by atoms with Crippen molar-refractivity contribution < 1.29 is 0 Å². The highest BCUT2D eigenvalue weighted by atomic mass is 35.5. The van der Waals surface area contributed by atoms with Gasteiger partial charge in [0.2, 0.25) is 4.77 Å². The Labute approximate surface area is 144 Å². The highest BCUT2D eigenvalue weighted by Gasteiger charge is 2.11. The van der Waals surface area contributed by atoms with Gasteiger partial charge in [-0.1, -0.05) is 61.0 Å². The third kappa shape index (κ3) is 3.41. The zero-order chi connectivity index (χ0) is 16.2. The molecule has 4 nitrogen and oxygen atoms in total. The molecule has 1 atom stereocenters. The van der Waals surface area contributed by atoms with E-state index in [1.807, 2.05) is 48.7 Å². The molecule has 0 unspecified atom stereocenters. The molecule has 23 heavy (non-hydrogen) atoms. The van der Waals surface area contributed by atoms with Gasteiger partial charge in [-0.25, -0.2) is 5.10 Å². The number of nitrogens with zero attached hydrogens (tertiary/aromatic N) is 3. The predicted octanol–water partition coefficient (Wildman–Crippen LogP) is 4.90. The van der Waals surface area contributed by atoms with Crippen LogP contribution >= 0.6 is 23.8 Å². The molecule has 1 aromatic heterocycles. The highest BCUT2D eigenvalue weighted by Crippen LogP contribution is 2.26. The smallest absolute Gasteiger partial charge is 0.216 e. The molecule has 0 radical (unpaired) electrons. The summed E-state index contributed by atoms with van der Waals surface area (Å²) in [7, 11) is 0. The fourth-order valence-electron chi connectivity index (χ4n) is 2.23. The van der Waals surface area contributed by atoms with E-state index in [-0.39, 0.29) is 5.92 Å². The maximum absolute atomic E-state index is 6.25. The Morgan fingerprint density at radius 1 is 1.17 bits per heavy atom. The van der Waals surface area contributed by atoms with Crippen molar-refractivity contribution in [2.45, 2.75) is 12.8 Å². The zero-order valence-corrected chi connectivity index (χ0v) is 14.1. The van der Waals surface area contributed by atoms with Gasteiger partial charge in [-0.05, 0) is 29.9 Å². The van der Waals surface area contributed by atoms with Crippen LogP contribution in [0.5, 0.6) is 0 Å². The lowest BCUT2D eigenvalue weighted by molar-refractivity contribution is 0.856. The van der Waals surface area contributed by atoms with Crippen molar-refractivity contribution in [3.63, 3.8) is 0 Å². The van der Waals surface area contributed by atoms with Gasteiger partial charge in [-0.2, -0.15) is 14.9 Å². The molecule has 0 aliphatic carbocycles. The van der Waals surface area contributed by atoms with Gasteiger partial charge in [0.1, 0.15) is 0 Å². The van der Waals surface area contributed by atoms with Crippen LogP contribution in [0.2, 0.25) is 5.02 Å². The second kappa shape index (κ2) is 6.89. The number of hydrogen-bond acceptors (Lipinski definition) is 3. The van der Waals surface area contributed by atoms with E-state index in [9.17, 15) is 0 Å². The first-order valence-electron chi connectivity index (χ1n) is 7.18. The van der Waals surface area contributed by atoms with Crippen molar-refractivity contribution in [3.8, 4) is 11.4 Å². The quantitative estimate of drug-likeness (QED) is 0.541. The highest BCUT2D eigenvalue weighted by molar-refractivity contribution is 7.71. The number of rotatable bonds is 4. The molecular formula is C17H15ClN4S. The van der Waals surface area contributed by atoms with Crippen LogP contribution in [0.3, 0.4) is 0 Å². The molecule has 0 spiro atoms. The van der Waals surface area contributed by atoms with E-state index in [1.165, 1.54) is 5.56 Å². The van der Waals surface area contributed by atoms with Gasteiger partial charge >= 0.3 is 0 Å². The van der Waals surface area contributed by atoms with Crippen molar-refractivity contribution in [2.24, 2.45) is 5.10 Å². The Kier molecular flexibility index (Phi) is 4.69. The number of benzene rings is 2. The van der Waals surface area contributed by atoms with Crippen LogP contribution in [-0.4, -0.2) is 21.1 Å². The van der Waals surface area contributed by atoms with E-state index in [0.717, 1.165) is 5.56 Å². The maximum Gasteiger partial charge on any atom is 0.216 e. The van der Waals surface area contributed by atoms with Crippen LogP contribution in [0.1, 0.15) is 18.4 Å². The summed E-state index contributed by atoms with van der Waals surface area (Å²) in [5.41, 5.74) is 1.97. The Hall–Kier alpha value is -2.24. The minimum atomic E-state index is 0.159. The molecule has 3 rings (SSSR count). The third-order valence-corrected chi connectivity index (χ3v) is 4.09. The molecule has 0 saturated heterocycles. The van der Waals surface area contributed by atoms with Crippen LogP contribution < -0.4 is 0 Å². The lowest BCUT2D eigenvalue weighted by Gasteiger charge is -2.06. The minimum Gasteiger partial charge on any atom is -0.250 e. The predicted molar refractivity (Wildman–Crippen MR) is 96.6 cm³/mol. The monoisotopic (exact) mass is 342 g/mol. The SMILES string of the molecule is C[C@@H](/C=N\n1c(-c2ccccc2Cl)n[nH]c1=S)c1ccccc1. The largest absolute Gasteiger partial charge is 0.250 e. The molecule has 6 heteroatoms. The van der Waals surface area contributed by atoms with Crippen molar-refractivity contribution in [1.82, 2.24) is 14.9 Å². The standard InChI is InChI=1S/C17H15ClN4S/c1-12(13-7-3-2-4-8-13)11-19-22-16(20-21-17(22)23)14-9-5-6-10-15(14)18/h2-12H,1H3,(H,21,23)/b19-11-/t12-/m0/s1. The summed E-state index contributed by atoms with van der Waals surface area (Å²) in [6, 6.07) is 17.6. The zero-order valence-electron chi connectivity index (χ0n) is 12.5. The number of hydrogen-bond donors (Lipinski definition) is 1. The van der Waals surface area contributed by atoms with Crippen LogP contribution in [0.4, 0.5) is 0 Å². The summed E-state index contributed by atoms with van der Waals surface area (Å²) in [5, 5.41) is 12.1. The fourth-order valence-corrected chi connectivity index (χ4v) is 2.62. The molecule has 1 heterocycles. The van der Waals surface area contributed by atoms with Crippen molar-refractivity contribution in [2.75, 3.05) is 0 Å². The van der Waals surface area contributed by atoms with Crippen molar-refractivity contribution >= 4 is 30.0 Å². The normalized spacial score (nSPS) is 12.6. The molecule has 0 aliphatic rings. The third-order valence-electron chi connectivity index (χ3n) is 3.50. The number of aromatic amines is 1. The topological polar surface area (TPSA) is 46.0 Å². The summed E-state index contributed by atoms with van der Waals surface area (Å²) in [5.74, 6) is 0.754. The van der Waals surface area contributed by atoms with E-state index in [1.54, 1.807) is 4.68 Å². The van der Waals surface area contributed by atoms with E-state index in [4.69, 9.17) is 23.8 Å². The Morgan fingerprint density at radius 3 is 2.61 bits per heavy atom. The maximum atomic E-state index is 6.25. The molecule has 3 aromatic rings. The molecule has 2 aromatic carbocycles. The second-order valence-electron chi connectivity index (χ2n) is 5.11. The van der Waals surface area contributed by atoms with Gasteiger partial charge in [0.15, 0.2) is 5.82 Å². The van der Waals surface area contributed by atoms with Gasteiger partial charge in [0.25, 0.3) is 0 Å². The summed E-state index contributed by atoms with van der Waals surface area (Å²) in [6.07, 6.45) is 1.85. The number of nitrogens with one attached hydrogen (secondary N) is 1. The average molecular weight is 343 g/mol. The first-order valence-corrected chi connectivity index (χ1v) is 7.97. The van der Waals surface area contributed by atoms with E-state index in [0.29, 0.717) is 15.6 Å². The minimum absolute atomic E-state index is 0.159. The number of halogens is 1. The summed E-state index contributed by atoms with van der Waals surface area (Å²) in [4.78, 5) is 0. The number of H-pyrrole nitrogens is 1. The number of aromatic nitrogens is 3. The van der Waals surface area contributed by atoms with E-state index >= 15 is 0 Å². The molecule has 0 bridgehead atoms. The van der Waals surface area contributed by atoms with Gasteiger partial charge in [0.05, 0.1) is 5.02 Å². The summed E-state index contributed by atoms with van der Waals surface area (Å²) < 4.78 is 2.02. The first-order chi connectivity index (χ1) is 11.2. The molecule has 0 fully saturated rings. The molecule has 0 amide bonds. The molecule has 1 N–H and O–H groups in total. The van der Waals surface area contributed by atoms with Crippen molar-refractivity contribution in [1.29, 1.82) is 0 Å². The van der Waals surface area contributed by atoms with Crippen molar-refractivity contribution in [3.05, 3.63) is 70.0 Å². The lowest BCUT2D eigenvalue weighted by atomic mass is 10.0. The van der Waals surface area contributed by atoms with Crippen LogP contribution in [0, 0.1) is 4.77 Å². The van der Waals surface area contributed by atoms with E-state index in [2.05, 4.69) is 34.4 Å². The molecular weight excluding hydrogens is 328 g/mol. The van der Waals surface area contributed by atoms with Crippen LogP contribution in [0.25, 0.3) is 11.4 Å². The molecule has 0 saturated carbocycles. The van der Waals surface area contributed by atoms with Gasteiger partial charge in [-0.3, -0.25) is 0 Å². The van der Waals surface area contributed by atoms with Gasteiger partial charge in [-0.15, -0.1) is 0 Å². The fraction of sp³-hybridized carbons (Fsp3) is 0.118. The van der Waals surface area contributed by atoms with Gasteiger partial charge in [0, 0.05) is 17.7 Å². The Balaban J connectivity index is 1.95. The van der Waals surface area contributed by atoms with Crippen LogP contribution in [0.15, 0.2) is 59.7 Å². The Morgan fingerprint density at radius 2 is 1.87 bits per heavy atom. The van der Waals surface area contributed by atoms with Crippen LogP contribution in [-0.2, 0) is 0 Å². The summed E-state index contributed by atoms with van der Waals surface area (Å²) >= 11 is 11.5. The first kappa shape index (κ1) is 15.6. The van der Waals surface area contributed by atoms with E-state index < -0.39 is 0 Å². The molecule has 0 aliphatic heterocycles. The summed E-state index contributed by atoms with van der Waals surface area (Å²) in [6.45, 7) is 2.08. The Bertz CT molecular complexity index is 883. The van der Waals surface area contributed by atoms with Gasteiger partial charge < -0.3 is 0 Å². The lowest BCUT2D eigenvalue weighted by Crippen LogP contribution is -1.99. The molecule has 116 valence electrons.